The number of rotatable bonds is 4. The van der Waals surface area contributed by atoms with Crippen LogP contribution >= 0.6 is 0 Å². The quantitative estimate of drug-likeness (QED) is 0.603. The molecule has 2 heteroatoms. The van der Waals surface area contributed by atoms with Gasteiger partial charge in [0.05, 0.1) is 5.60 Å². The van der Waals surface area contributed by atoms with E-state index in [1.807, 2.05) is 13.8 Å². The molecule has 0 rings (SSSR count). The Hall–Kier alpha value is -0.340. The van der Waals surface area contributed by atoms with E-state index in [1.54, 1.807) is 7.11 Å². The second-order valence-electron chi connectivity index (χ2n) is 2.55. The molecule has 0 saturated carbocycles. The molecule has 2 atom stereocenters. The highest BCUT2D eigenvalue weighted by atomic mass is 16.5. The van der Waals surface area contributed by atoms with E-state index in [0.717, 1.165) is 6.42 Å². The molecule has 0 amide bonds. The van der Waals surface area contributed by atoms with Crippen LogP contribution in [-0.2, 0) is 4.74 Å². The van der Waals surface area contributed by atoms with Crippen LogP contribution in [0.1, 0.15) is 20.3 Å². The van der Waals surface area contributed by atoms with Crippen molar-refractivity contribution in [3.63, 3.8) is 0 Å². The molecule has 0 saturated heterocycles. The smallest absolute Gasteiger partial charge is 0.100 e. The standard InChI is InChI=1S/C8H16O2/c1-5-7(9)8(3,6-2)10-4/h5,7,9H,1,6H2,2-4H3. The molecule has 60 valence electrons. The molecule has 0 aromatic rings. The first-order valence-corrected chi connectivity index (χ1v) is 3.46. The van der Waals surface area contributed by atoms with Crippen molar-refractivity contribution in [1.29, 1.82) is 0 Å². The highest BCUT2D eigenvalue weighted by molar-refractivity contribution is 4.93. The summed E-state index contributed by atoms with van der Waals surface area (Å²) >= 11 is 0. The first-order valence-electron chi connectivity index (χ1n) is 3.46. The number of methoxy groups -OCH3 is 1. The number of aliphatic hydroxyl groups is 1. The molecule has 0 spiro atoms. The Morgan fingerprint density at radius 3 is 2.40 bits per heavy atom. The molecule has 1 N–H and O–H groups in total. The van der Waals surface area contributed by atoms with E-state index in [9.17, 15) is 5.11 Å². The third-order valence-corrected chi connectivity index (χ3v) is 2.02. The van der Waals surface area contributed by atoms with Gasteiger partial charge in [-0.25, -0.2) is 0 Å². The van der Waals surface area contributed by atoms with E-state index in [0.29, 0.717) is 0 Å². The lowest BCUT2D eigenvalue weighted by molar-refractivity contribution is -0.0720. The Labute approximate surface area is 62.5 Å². The largest absolute Gasteiger partial charge is 0.386 e. The summed E-state index contributed by atoms with van der Waals surface area (Å²) < 4.78 is 5.12. The summed E-state index contributed by atoms with van der Waals surface area (Å²) in [6, 6.07) is 0. The molecule has 10 heavy (non-hydrogen) atoms. The van der Waals surface area contributed by atoms with Crippen molar-refractivity contribution < 1.29 is 9.84 Å². The summed E-state index contributed by atoms with van der Waals surface area (Å²) in [7, 11) is 1.59. The van der Waals surface area contributed by atoms with Crippen molar-refractivity contribution in [3.05, 3.63) is 12.7 Å². The summed E-state index contributed by atoms with van der Waals surface area (Å²) in [6.07, 6.45) is 1.69. The van der Waals surface area contributed by atoms with Crippen LogP contribution in [0.2, 0.25) is 0 Å². The fraction of sp³-hybridized carbons (Fsp3) is 0.750. The van der Waals surface area contributed by atoms with Gasteiger partial charge in [0.15, 0.2) is 0 Å². The van der Waals surface area contributed by atoms with Crippen LogP contribution in [0.5, 0.6) is 0 Å². The Kier molecular flexibility index (Phi) is 3.61. The predicted molar refractivity (Wildman–Crippen MR) is 41.9 cm³/mol. The summed E-state index contributed by atoms with van der Waals surface area (Å²) in [6.45, 7) is 7.32. The van der Waals surface area contributed by atoms with E-state index < -0.39 is 11.7 Å². The minimum atomic E-state index is -0.581. The first-order chi connectivity index (χ1) is 4.60. The lowest BCUT2D eigenvalue weighted by Crippen LogP contribution is -2.39. The summed E-state index contributed by atoms with van der Waals surface area (Å²) in [5, 5.41) is 9.33. The highest BCUT2D eigenvalue weighted by Crippen LogP contribution is 2.19. The average Bonchev–Trinajstić information content (AvgIpc) is 2.01. The van der Waals surface area contributed by atoms with Crippen molar-refractivity contribution in [2.45, 2.75) is 32.0 Å². The molecule has 0 aliphatic heterocycles. The zero-order valence-electron chi connectivity index (χ0n) is 6.92. The van der Waals surface area contributed by atoms with E-state index in [4.69, 9.17) is 4.74 Å². The van der Waals surface area contributed by atoms with Gasteiger partial charge in [-0.1, -0.05) is 13.0 Å². The van der Waals surface area contributed by atoms with Crippen LogP contribution < -0.4 is 0 Å². The van der Waals surface area contributed by atoms with Gasteiger partial charge in [-0.2, -0.15) is 0 Å². The molecule has 0 aliphatic rings. The second-order valence-corrected chi connectivity index (χ2v) is 2.55. The molecular formula is C8H16O2. The number of hydrogen-bond acceptors (Lipinski definition) is 2. The van der Waals surface area contributed by atoms with Crippen LogP contribution in [0.4, 0.5) is 0 Å². The van der Waals surface area contributed by atoms with Crippen LogP contribution in [0.3, 0.4) is 0 Å². The Bertz CT molecular complexity index is 106. The number of ether oxygens (including phenoxy) is 1. The maximum Gasteiger partial charge on any atom is 0.100 e. The zero-order chi connectivity index (χ0) is 8.20. The Balaban J connectivity index is 4.15. The highest BCUT2D eigenvalue weighted by Gasteiger charge is 2.28. The predicted octanol–water partition coefficient (Wildman–Crippen LogP) is 1.35. The van der Waals surface area contributed by atoms with Crippen LogP contribution in [0, 0.1) is 0 Å². The number of aliphatic hydroxyl groups excluding tert-OH is 1. The van der Waals surface area contributed by atoms with Crippen molar-refractivity contribution in [1.82, 2.24) is 0 Å². The van der Waals surface area contributed by atoms with Crippen molar-refractivity contribution >= 4 is 0 Å². The van der Waals surface area contributed by atoms with E-state index >= 15 is 0 Å². The molecule has 0 aliphatic carbocycles. The van der Waals surface area contributed by atoms with E-state index in [-0.39, 0.29) is 0 Å². The van der Waals surface area contributed by atoms with Gasteiger partial charge in [0.1, 0.15) is 6.10 Å². The summed E-state index contributed by atoms with van der Waals surface area (Å²) in [5.74, 6) is 0. The lowest BCUT2D eigenvalue weighted by Gasteiger charge is -2.29. The summed E-state index contributed by atoms with van der Waals surface area (Å²) in [4.78, 5) is 0. The molecule has 0 radical (unpaired) electrons. The SMILES string of the molecule is C=CC(O)C(C)(CC)OC. The van der Waals surface area contributed by atoms with Gasteiger partial charge in [-0.05, 0) is 13.3 Å². The maximum absolute atomic E-state index is 9.33. The monoisotopic (exact) mass is 144 g/mol. The molecule has 0 bridgehead atoms. The lowest BCUT2D eigenvalue weighted by atomic mass is 9.96. The van der Waals surface area contributed by atoms with Gasteiger partial charge in [-0.15, -0.1) is 6.58 Å². The maximum atomic E-state index is 9.33. The summed E-state index contributed by atoms with van der Waals surface area (Å²) in [5.41, 5.74) is -0.470. The molecule has 0 fully saturated rings. The van der Waals surface area contributed by atoms with Crippen molar-refractivity contribution in [2.75, 3.05) is 7.11 Å². The van der Waals surface area contributed by atoms with Crippen LogP contribution in [-0.4, -0.2) is 23.9 Å². The minimum Gasteiger partial charge on any atom is -0.386 e. The average molecular weight is 144 g/mol. The minimum absolute atomic E-state index is 0.470. The van der Waals surface area contributed by atoms with Gasteiger partial charge in [0.2, 0.25) is 0 Å². The molecule has 2 unspecified atom stereocenters. The van der Waals surface area contributed by atoms with Crippen molar-refractivity contribution in [3.8, 4) is 0 Å². The molecule has 0 heterocycles. The fourth-order valence-corrected chi connectivity index (χ4v) is 0.724. The molecule has 0 aromatic heterocycles. The zero-order valence-corrected chi connectivity index (χ0v) is 6.92. The second kappa shape index (κ2) is 3.74. The molecule has 2 nitrogen and oxygen atoms in total. The Morgan fingerprint density at radius 2 is 2.30 bits per heavy atom. The third-order valence-electron chi connectivity index (χ3n) is 2.02. The topological polar surface area (TPSA) is 29.5 Å². The van der Waals surface area contributed by atoms with E-state index in [2.05, 4.69) is 6.58 Å². The molecule has 0 aromatic carbocycles. The van der Waals surface area contributed by atoms with Crippen LogP contribution in [0.15, 0.2) is 12.7 Å². The van der Waals surface area contributed by atoms with Gasteiger partial charge in [-0.3, -0.25) is 0 Å². The number of hydrogen-bond donors (Lipinski definition) is 1. The van der Waals surface area contributed by atoms with E-state index in [1.165, 1.54) is 6.08 Å². The van der Waals surface area contributed by atoms with Gasteiger partial charge in [0, 0.05) is 7.11 Å². The van der Waals surface area contributed by atoms with Gasteiger partial charge >= 0.3 is 0 Å². The van der Waals surface area contributed by atoms with Gasteiger partial charge < -0.3 is 9.84 Å². The fourth-order valence-electron chi connectivity index (χ4n) is 0.724. The van der Waals surface area contributed by atoms with Crippen LogP contribution in [0.25, 0.3) is 0 Å². The first kappa shape index (κ1) is 9.66. The van der Waals surface area contributed by atoms with Crippen molar-refractivity contribution in [2.24, 2.45) is 0 Å². The third kappa shape index (κ3) is 1.82. The molecular weight excluding hydrogens is 128 g/mol. The normalized spacial score (nSPS) is 19.6. The van der Waals surface area contributed by atoms with Gasteiger partial charge in [0.25, 0.3) is 0 Å². The Morgan fingerprint density at radius 1 is 1.80 bits per heavy atom.